The topological polar surface area (TPSA) is 105 Å². The maximum absolute atomic E-state index is 12.3. The van der Waals surface area contributed by atoms with Crippen LogP contribution in [0.2, 0.25) is 0 Å². The van der Waals surface area contributed by atoms with Crippen LogP contribution < -0.4 is 10.2 Å². The number of aromatic nitrogens is 2. The van der Waals surface area contributed by atoms with Crippen LogP contribution in [0.1, 0.15) is 16.3 Å². The summed E-state index contributed by atoms with van der Waals surface area (Å²) in [5, 5.41) is 12.0. The number of nitrogens with zero attached hydrogens (tertiary/aromatic N) is 4. The van der Waals surface area contributed by atoms with Crippen LogP contribution in [0, 0.1) is 0 Å². The first kappa shape index (κ1) is 19.5. The lowest BCUT2D eigenvalue weighted by Gasteiger charge is -2.33. The minimum absolute atomic E-state index is 0.0896. The van der Waals surface area contributed by atoms with Gasteiger partial charge in [-0.25, -0.2) is 0 Å². The Bertz CT molecular complexity index is 934. The number of anilines is 1. The van der Waals surface area contributed by atoms with Gasteiger partial charge >= 0.3 is 0 Å². The minimum atomic E-state index is -0.0938. The molecular formula is C18H19N5O4S2. The molecule has 4 rings (SSSR count). The molecule has 0 radical (unpaired) electrons. The Morgan fingerprint density at radius 2 is 1.90 bits per heavy atom. The molecule has 152 valence electrons. The summed E-state index contributed by atoms with van der Waals surface area (Å²) in [5.41, 5.74) is 0. The van der Waals surface area contributed by atoms with Gasteiger partial charge in [-0.05, 0) is 24.3 Å². The summed E-state index contributed by atoms with van der Waals surface area (Å²) in [4.78, 5) is 28.1. The van der Waals surface area contributed by atoms with Crippen LogP contribution in [-0.2, 0) is 11.3 Å². The maximum atomic E-state index is 12.3. The fourth-order valence-corrected chi connectivity index (χ4v) is 4.55. The molecule has 9 nitrogen and oxygen atoms in total. The van der Waals surface area contributed by atoms with Crippen LogP contribution in [0.3, 0.4) is 0 Å². The molecule has 3 aromatic rings. The number of furan rings is 2. The average Bonchev–Trinajstić information content (AvgIpc) is 3.52. The number of rotatable bonds is 7. The number of carbonyl (C=O) groups is 2. The molecule has 2 amide bonds. The fraction of sp³-hybridized carbons (Fsp3) is 0.333. The van der Waals surface area contributed by atoms with Gasteiger partial charge in [-0.1, -0.05) is 23.1 Å². The largest absolute Gasteiger partial charge is 0.467 e. The number of thioether (sulfide) groups is 1. The molecule has 4 heterocycles. The summed E-state index contributed by atoms with van der Waals surface area (Å²) in [6.07, 6.45) is 3.08. The molecule has 0 spiro atoms. The molecule has 0 aromatic carbocycles. The van der Waals surface area contributed by atoms with Crippen LogP contribution in [0.4, 0.5) is 5.13 Å². The highest BCUT2D eigenvalue weighted by Crippen LogP contribution is 2.28. The number of piperazine rings is 1. The van der Waals surface area contributed by atoms with Gasteiger partial charge in [0.2, 0.25) is 11.0 Å². The zero-order valence-electron chi connectivity index (χ0n) is 15.4. The van der Waals surface area contributed by atoms with Crippen molar-refractivity contribution in [3.8, 4) is 0 Å². The first-order valence-corrected chi connectivity index (χ1v) is 10.8. The third-order valence-electron chi connectivity index (χ3n) is 4.33. The Hall–Kier alpha value is -2.79. The van der Waals surface area contributed by atoms with Crippen molar-refractivity contribution in [3.63, 3.8) is 0 Å². The van der Waals surface area contributed by atoms with Crippen LogP contribution in [0.5, 0.6) is 0 Å². The molecule has 3 aromatic heterocycles. The van der Waals surface area contributed by atoms with Gasteiger partial charge in [0.15, 0.2) is 10.1 Å². The van der Waals surface area contributed by atoms with E-state index in [2.05, 4.69) is 20.4 Å². The summed E-state index contributed by atoms with van der Waals surface area (Å²) in [6.45, 7) is 2.91. The highest BCUT2D eigenvalue weighted by Gasteiger charge is 2.25. The third-order valence-corrected chi connectivity index (χ3v) is 6.45. The van der Waals surface area contributed by atoms with Crippen molar-refractivity contribution in [1.82, 2.24) is 20.4 Å². The molecule has 0 unspecified atom stereocenters. The summed E-state index contributed by atoms with van der Waals surface area (Å²) in [7, 11) is 0. The summed E-state index contributed by atoms with van der Waals surface area (Å²) in [6, 6.07) is 6.98. The molecule has 1 fully saturated rings. The third kappa shape index (κ3) is 4.98. The SMILES string of the molecule is O=C(CSc1nnc(N2CCN(C(=O)c3ccco3)CC2)s1)NCc1ccco1. The molecule has 29 heavy (non-hydrogen) atoms. The van der Waals surface area contributed by atoms with E-state index in [4.69, 9.17) is 8.83 Å². The molecule has 0 atom stereocenters. The van der Waals surface area contributed by atoms with E-state index >= 15 is 0 Å². The molecule has 0 saturated carbocycles. The van der Waals surface area contributed by atoms with Crippen molar-refractivity contribution in [1.29, 1.82) is 0 Å². The Morgan fingerprint density at radius 1 is 1.10 bits per heavy atom. The van der Waals surface area contributed by atoms with Crippen LogP contribution in [-0.4, -0.2) is 58.8 Å². The normalized spacial score (nSPS) is 14.2. The van der Waals surface area contributed by atoms with Gasteiger partial charge in [0.1, 0.15) is 5.76 Å². The first-order chi connectivity index (χ1) is 14.2. The van der Waals surface area contributed by atoms with Gasteiger partial charge < -0.3 is 24.0 Å². The van der Waals surface area contributed by atoms with Crippen LogP contribution in [0.15, 0.2) is 50.0 Å². The van der Waals surface area contributed by atoms with E-state index in [9.17, 15) is 9.59 Å². The Kier molecular flexibility index (Phi) is 6.15. The van der Waals surface area contributed by atoms with E-state index in [1.54, 1.807) is 29.4 Å². The van der Waals surface area contributed by atoms with E-state index in [0.717, 1.165) is 9.47 Å². The lowest BCUT2D eigenvalue weighted by atomic mass is 10.3. The molecule has 1 aliphatic rings. The second-order valence-electron chi connectivity index (χ2n) is 6.25. The zero-order chi connectivity index (χ0) is 20.1. The van der Waals surface area contributed by atoms with E-state index in [0.29, 0.717) is 44.2 Å². The van der Waals surface area contributed by atoms with E-state index in [1.807, 2.05) is 6.07 Å². The number of carbonyl (C=O) groups excluding carboxylic acids is 2. The fourth-order valence-electron chi connectivity index (χ4n) is 2.82. The summed E-state index contributed by atoms with van der Waals surface area (Å²) >= 11 is 2.80. The van der Waals surface area contributed by atoms with Crippen molar-refractivity contribution >= 4 is 40.0 Å². The van der Waals surface area contributed by atoms with Crippen molar-refractivity contribution in [2.75, 3.05) is 36.8 Å². The molecular weight excluding hydrogens is 414 g/mol. The highest BCUT2D eigenvalue weighted by molar-refractivity contribution is 8.01. The molecule has 1 saturated heterocycles. The smallest absolute Gasteiger partial charge is 0.289 e. The Balaban J connectivity index is 1.22. The van der Waals surface area contributed by atoms with Gasteiger partial charge in [0.25, 0.3) is 5.91 Å². The summed E-state index contributed by atoms with van der Waals surface area (Å²) in [5.74, 6) is 1.15. The summed E-state index contributed by atoms with van der Waals surface area (Å²) < 4.78 is 11.1. The monoisotopic (exact) mass is 433 g/mol. The van der Waals surface area contributed by atoms with Gasteiger partial charge in [0, 0.05) is 26.2 Å². The van der Waals surface area contributed by atoms with E-state index < -0.39 is 0 Å². The maximum Gasteiger partial charge on any atom is 0.289 e. The minimum Gasteiger partial charge on any atom is -0.467 e. The molecule has 11 heteroatoms. The quantitative estimate of drug-likeness (QED) is 0.565. The Labute approximate surface area is 175 Å². The second kappa shape index (κ2) is 9.14. The lowest BCUT2D eigenvalue weighted by Crippen LogP contribution is -2.48. The van der Waals surface area contributed by atoms with E-state index in [1.165, 1.54) is 29.4 Å². The number of hydrogen-bond acceptors (Lipinski definition) is 9. The second-order valence-corrected chi connectivity index (χ2v) is 8.43. The highest BCUT2D eigenvalue weighted by atomic mass is 32.2. The first-order valence-electron chi connectivity index (χ1n) is 9.02. The van der Waals surface area contributed by atoms with Crippen molar-refractivity contribution in [2.45, 2.75) is 10.9 Å². The van der Waals surface area contributed by atoms with Crippen molar-refractivity contribution in [2.24, 2.45) is 0 Å². The van der Waals surface area contributed by atoms with E-state index in [-0.39, 0.29) is 17.6 Å². The Morgan fingerprint density at radius 3 is 2.62 bits per heavy atom. The van der Waals surface area contributed by atoms with Gasteiger partial charge in [-0.2, -0.15) is 0 Å². The predicted octanol–water partition coefficient (Wildman–Crippen LogP) is 2.09. The van der Waals surface area contributed by atoms with Gasteiger partial charge in [-0.15, -0.1) is 10.2 Å². The molecule has 1 aliphatic heterocycles. The lowest BCUT2D eigenvalue weighted by molar-refractivity contribution is -0.118. The molecule has 1 N–H and O–H groups in total. The van der Waals surface area contributed by atoms with Crippen molar-refractivity contribution < 1.29 is 18.4 Å². The average molecular weight is 434 g/mol. The molecule has 0 aliphatic carbocycles. The standard InChI is InChI=1S/C18H19N5O4S2/c24-15(19-11-13-3-1-9-26-13)12-28-18-21-20-17(29-18)23-7-5-22(6-8-23)16(25)14-4-2-10-27-14/h1-4,9-10H,5-8,11-12H2,(H,19,24). The van der Waals surface area contributed by atoms with Crippen LogP contribution in [0.25, 0.3) is 0 Å². The van der Waals surface area contributed by atoms with Gasteiger partial charge in [0.05, 0.1) is 24.8 Å². The van der Waals surface area contributed by atoms with Crippen molar-refractivity contribution in [3.05, 3.63) is 48.3 Å². The molecule has 0 bridgehead atoms. The number of hydrogen-bond donors (Lipinski definition) is 1. The predicted molar refractivity (Wildman–Crippen MR) is 108 cm³/mol. The number of amides is 2. The van der Waals surface area contributed by atoms with Crippen LogP contribution >= 0.6 is 23.1 Å². The number of nitrogens with one attached hydrogen (secondary N) is 1. The zero-order valence-corrected chi connectivity index (χ0v) is 17.1. The van der Waals surface area contributed by atoms with Gasteiger partial charge in [-0.3, -0.25) is 9.59 Å².